The minimum atomic E-state index is -0.625. The zero-order valence-corrected chi connectivity index (χ0v) is 16.5. The van der Waals surface area contributed by atoms with Crippen LogP contribution in [0.25, 0.3) is 0 Å². The van der Waals surface area contributed by atoms with E-state index in [1.165, 1.54) is 6.92 Å². The topological polar surface area (TPSA) is 86.6 Å². The first kappa shape index (κ1) is 20.5. The van der Waals surface area contributed by atoms with Crippen LogP contribution >= 0.6 is 0 Å². The Morgan fingerprint density at radius 3 is 1.67 bits per heavy atom. The van der Waals surface area contributed by atoms with Crippen LogP contribution in [0.2, 0.25) is 0 Å². The molecule has 0 aliphatic rings. The number of hydrogen-bond acceptors (Lipinski definition) is 4. The predicted octanol–water partition coefficient (Wildman–Crippen LogP) is 3.19. The molecule has 0 aliphatic heterocycles. The minimum absolute atomic E-state index is 0.121. The largest absolute Gasteiger partial charge is 0.507 e. The molecule has 2 aromatic rings. The van der Waals surface area contributed by atoms with Gasteiger partial charge in [0, 0.05) is 0 Å². The first-order chi connectivity index (χ1) is 12.6. The fraction of sp³-hybridized carbons (Fsp3) is 0.364. The third kappa shape index (κ3) is 5.09. The lowest BCUT2D eigenvalue weighted by atomic mass is 9.98. The summed E-state index contributed by atoms with van der Waals surface area (Å²) in [5, 5.41) is 22.5. The lowest BCUT2D eigenvalue weighted by Crippen LogP contribution is -2.42. The molecule has 0 aliphatic carbocycles. The van der Waals surface area contributed by atoms with Crippen molar-refractivity contribution in [3.05, 3.63) is 57.6 Å². The molecule has 1 atom stereocenters. The normalized spacial score (nSPS) is 11.9. The van der Waals surface area contributed by atoms with Crippen molar-refractivity contribution in [3.8, 4) is 11.5 Å². The smallest absolute Gasteiger partial charge is 0.225 e. The van der Waals surface area contributed by atoms with Crippen LogP contribution in [0.5, 0.6) is 11.5 Å². The maximum atomic E-state index is 12.4. The average Bonchev–Trinajstić information content (AvgIpc) is 2.56. The summed E-state index contributed by atoms with van der Waals surface area (Å²) in [4.78, 5) is 24.5. The van der Waals surface area contributed by atoms with Gasteiger partial charge in [0.2, 0.25) is 5.91 Å². The summed E-state index contributed by atoms with van der Waals surface area (Å²) in [6.45, 7) is 8.65. The first-order valence-corrected chi connectivity index (χ1v) is 8.96. The van der Waals surface area contributed by atoms with Gasteiger partial charge in [-0.3, -0.25) is 9.59 Å². The van der Waals surface area contributed by atoms with E-state index in [9.17, 15) is 19.8 Å². The molecule has 1 amide bonds. The van der Waals surface area contributed by atoms with Gasteiger partial charge in [-0.15, -0.1) is 0 Å². The fourth-order valence-electron chi connectivity index (χ4n) is 3.27. The van der Waals surface area contributed by atoms with Gasteiger partial charge in [-0.05, 0) is 74.4 Å². The molecule has 144 valence electrons. The highest BCUT2D eigenvalue weighted by Gasteiger charge is 2.19. The number of nitrogens with one attached hydrogen (secondary N) is 1. The van der Waals surface area contributed by atoms with Crippen molar-refractivity contribution in [2.75, 3.05) is 0 Å². The third-order valence-electron chi connectivity index (χ3n) is 4.73. The van der Waals surface area contributed by atoms with Gasteiger partial charge in [0.05, 0.1) is 12.5 Å². The second-order valence-electron chi connectivity index (χ2n) is 7.27. The molecule has 0 aromatic heterocycles. The molecular weight excluding hydrogens is 342 g/mol. The number of ketones is 1. The molecule has 2 rings (SSSR count). The number of carbonyl (C=O) groups excluding carboxylic acids is 2. The summed E-state index contributed by atoms with van der Waals surface area (Å²) in [5.74, 6) is 0.121. The average molecular weight is 369 g/mol. The lowest BCUT2D eigenvalue weighted by molar-refractivity contribution is -0.126. The van der Waals surface area contributed by atoms with Crippen LogP contribution in [0.1, 0.15) is 40.3 Å². The molecule has 0 heterocycles. The quantitative estimate of drug-likeness (QED) is 0.730. The zero-order chi connectivity index (χ0) is 20.3. The summed E-state index contributed by atoms with van der Waals surface area (Å²) in [6.07, 6.45) is 0.510. The van der Waals surface area contributed by atoms with Crippen LogP contribution in [0.4, 0.5) is 0 Å². The Kier molecular flexibility index (Phi) is 6.26. The van der Waals surface area contributed by atoms with E-state index < -0.39 is 6.04 Å². The maximum absolute atomic E-state index is 12.4. The van der Waals surface area contributed by atoms with Gasteiger partial charge in [0.25, 0.3) is 0 Å². The van der Waals surface area contributed by atoms with Crippen molar-refractivity contribution in [1.82, 2.24) is 5.32 Å². The summed E-state index contributed by atoms with van der Waals surface area (Å²) >= 11 is 0. The number of Topliss-reactive ketones (excluding diaryl/α,β-unsaturated/α-hetero) is 1. The van der Waals surface area contributed by atoms with Gasteiger partial charge in [-0.2, -0.15) is 0 Å². The van der Waals surface area contributed by atoms with E-state index in [4.69, 9.17) is 0 Å². The van der Waals surface area contributed by atoms with E-state index in [1.807, 2.05) is 26.0 Å². The molecule has 0 radical (unpaired) electrons. The number of aryl methyl sites for hydroxylation is 4. The van der Waals surface area contributed by atoms with Gasteiger partial charge in [-0.25, -0.2) is 0 Å². The Labute approximate surface area is 160 Å². The van der Waals surface area contributed by atoms with Gasteiger partial charge >= 0.3 is 0 Å². The highest BCUT2D eigenvalue weighted by Crippen LogP contribution is 2.24. The van der Waals surface area contributed by atoms with Crippen molar-refractivity contribution < 1.29 is 19.8 Å². The molecule has 0 saturated carbocycles. The van der Waals surface area contributed by atoms with Crippen LogP contribution in [0, 0.1) is 27.7 Å². The van der Waals surface area contributed by atoms with E-state index >= 15 is 0 Å². The standard InChI is InChI=1S/C22H27NO4/c1-12-6-17(7-13(2)21(12)26)10-19(16(5)24)23-20(25)11-18-8-14(3)22(27)15(4)9-18/h6-9,19,26-27H,10-11H2,1-5H3,(H,23,25). The Hall–Kier alpha value is -2.82. The monoisotopic (exact) mass is 369 g/mol. The number of hydrogen-bond donors (Lipinski definition) is 3. The Morgan fingerprint density at radius 2 is 1.26 bits per heavy atom. The summed E-state index contributed by atoms with van der Waals surface area (Å²) in [5.41, 5.74) is 4.60. The van der Waals surface area contributed by atoms with E-state index in [0.29, 0.717) is 6.42 Å². The van der Waals surface area contributed by atoms with Crippen LogP contribution in [0.3, 0.4) is 0 Å². The Bertz CT molecular complexity index is 840. The molecule has 0 fully saturated rings. The number of benzene rings is 2. The second kappa shape index (κ2) is 8.25. The first-order valence-electron chi connectivity index (χ1n) is 8.96. The van der Waals surface area contributed by atoms with Crippen molar-refractivity contribution in [2.45, 2.75) is 53.5 Å². The predicted molar refractivity (Wildman–Crippen MR) is 105 cm³/mol. The molecule has 27 heavy (non-hydrogen) atoms. The molecular formula is C22H27NO4. The second-order valence-corrected chi connectivity index (χ2v) is 7.27. The van der Waals surface area contributed by atoms with Crippen molar-refractivity contribution in [2.24, 2.45) is 0 Å². The highest BCUT2D eigenvalue weighted by molar-refractivity contribution is 5.88. The molecule has 0 spiro atoms. The van der Waals surface area contributed by atoms with E-state index in [-0.39, 0.29) is 29.6 Å². The molecule has 0 bridgehead atoms. The van der Waals surface area contributed by atoms with Crippen LogP contribution in [-0.2, 0) is 22.4 Å². The van der Waals surface area contributed by atoms with E-state index in [1.54, 1.807) is 26.0 Å². The number of phenolic OH excluding ortho intramolecular Hbond substituents is 2. The SMILES string of the molecule is CC(=O)C(Cc1cc(C)c(O)c(C)c1)NC(=O)Cc1cc(C)c(O)c(C)c1. The Balaban J connectivity index is 2.12. The number of aromatic hydroxyl groups is 2. The number of carbonyl (C=O) groups is 2. The number of amides is 1. The molecule has 0 saturated heterocycles. The summed E-state index contributed by atoms with van der Waals surface area (Å²) < 4.78 is 0. The summed E-state index contributed by atoms with van der Waals surface area (Å²) in [7, 11) is 0. The van der Waals surface area contributed by atoms with E-state index in [0.717, 1.165) is 33.4 Å². The van der Waals surface area contributed by atoms with E-state index in [2.05, 4.69) is 5.32 Å². The molecule has 3 N–H and O–H groups in total. The number of phenols is 2. The van der Waals surface area contributed by atoms with Gasteiger partial charge in [0.15, 0.2) is 5.78 Å². The molecule has 5 heteroatoms. The maximum Gasteiger partial charge on any atom is 0.225 e. The minimum Gasteiger partial charge on any atom is -0.507 e. The van der Waals surface area contributed by atoms with Crippen LogP contribution in [0.15, 0.2) is 24.3 Å². The third-order valence-corrected chi connectivity index (χ3v) is 4.73. The Morgan fingerprint density at radius 1 is 0.852 bits per heavy atom. The van der Waals surface area contributed by atoms with Gasteiger partial charge in [0.1, 0.15) is 11.5 Å². The van der Waals surface area contributed by atoms with Crippen LogP contribution < -0.4 is 5.32 Å². The van der Waals surface area contributed by atoms with Gasteiger partial charge in [-0.1, -0.05) is 24.3 Å². The van der Waals surface area contributed by atoms with Crippen molar-refractivity contribution in [3.63, 3.8) is 0 Å². The fourth-order valence-corrected chi connectivity index (χ4v) is 3.27. The van der Waals surface area contributed by atoms with Crippen LogP contribution in [-0.4, -0.2) is 27.9 Å². The molecule has 1 unspecified atom stereocenters. The highest BCUT2D eigenvalue weighted by atomic mass is 16.3. The van der Waals surface area contributed by atoms with Gasteiger partial charge < -0.3 is 15.5 Å². The zero-order valence-electron chi connectivity index (χ0n) is 16.5. The van der Waals surface area contributed by atoms with Crippen molar-refractivity contribution in [1.29, 1.82) is 0 Å². The molecule has 5 nitrogen and oxygen atoms in total. The molecule has 2 aromatic carbocycles. The number of rotatable bonds is 6. The lowest BCUT2D eigenvalue weighted by Gasteiger charge is -2.18. The summed E-state index contributed by atoms with van der Waals surface area (Å²) in [6, 6.07) is 6.59. The van der Waals surface area contributed by atoms with Crippen molar-refractivity contribution >= 4 is 11.7 Å².